The molecule has 0 spiro atoms. The lowest BCUT2D eigenvalue weighted by Crippen LogP contribution is -1.95. The Balaban J connectivity index is 1.77. The monoisotopic (exact) mass is 379 g/mol. The van der Waals surface area contributed by atoms with E-state index in [1.807, 2.05) is 66.7 Å². The lowest BCUT2D eigenvalue weighted by atomic mass is 10.0. The van der Waals surface area contributed by atoms with Crippen LogP contribution in [0.5, 0.6) is 5.75 Å². The first-order valence-corrected chi connectivity index (χ1v) is 8.75. The van der Waals surface area contributed by atoms with Gasteiger partial charge in [-0.15, -0.1) is 0 Å². The highest BCUT2D eigenvalue weighted by molar-refractivity contribution is 6.30. The van der Waals surface area contributed by atoms with Crippen LogP contribution in [0.25, 0.3) is 11.6 Å². The quantitative estimate of drug-likeness (QED) is 0.367. The molecule has 0 heterocycles. The molecule has 0 fully saturated rings. The van der Waals surface area contributed by atoms with Crippen LogP contribution in [0.4, 0.5) is 0 Å². The van der Waals surface area contributed by atoms with E-state index in [1.54, 1.807) is 12.1 Å². The van der Waals surface area contributed by atoms with E-state index in [9.17, 15) is 5.26 Å². The Morgan fingerprint density at radius 1 is 0.923 bits per heavy atom. The molecule has 2 nitrogen and oxygen atoms in total. The highest BCUT2D eigenvalue weighted by Gasteiger charge is 2.03. The minimum Gasteiger partial charge on any atom is -0.489 e. The van der Waals surface area contributed by atoms with Gasteiger partial charge in [0.2, 0.25) is 0 Å². The molecule has 0 atom stereocenters. The molecule has 0 aromatic heterocycles. The Bertz CT molecular complexity index is 972. The Hall–Kier alpha value is -2.73. The van der Waals surface area contributed by atoms with E-state index >= 15 is 0 Å². The van der Waals surface area contributed by atoms with E-state index in [2.05, 4.69) is 6.07 Å². The maximum absolute atomic E-state index is 9.46. The maximum atomic E-state index is 9.46. The number of hydrogen-bond acceptors (Lipinski definition) is 2. The number of nitriles is 1. The number of hydrogen-bond donors (Lipinski definition) is 0. The highest BCUT2D eigenvalue weighted by atomic mass is 35.5. The number of nitrogens with zero attached hydrogens (tertiary/aromatic N) is 1. The van der Waals surface area contributed by atoms with E-state index in [0.29, 0.717) is 22.2 Å². The second-order valence-electron chi connectivity index (χ2n) is 5.67. The zero-order chi connectivity index (χ0) is 18.4. The first-order valence-electron chi connectivity index (χ1n) is 7.99. The molecule has 0 aliphatic heterocycles. The van der Waals surface area contributed by atoms with Crippen LogP contribution in [0.1, 0.15) is 16.7 Å². The van der Waals surface area contributed by atoms with Crippen LogP contribution in [0.15, 0.2) is 72.8 Å². The summed E-state index contributed by atoms with van der Waals surface area (Å²) in [4.78, 5) is 0. The second kappa shape index (κ2) is 8.58. The summed E-state index contributed by atoms with van der Waals surface area (Å²) in [5.74, 6) is 0.729. The van der Waals surface area contributed by atoms with Crippen LogP contribution < -0.4 is 4.74 Å². The number of allylic oxidation sites excluding steroid dienone is 1. The summed E-state index contributed by atoms with van der Waals surface area (Å²) < 4.78 is 5.84. The summed E-state index contributed by atoms with van der Waals surface area (Å²) in [6.07, 6.45) is 1.83. The van der Waals surface area contributed by atoms with Gasteiger partial charge in [-0.3, -0.25) is 0 Å². The topological polar surface area (TPSA) is 33.0 Å². The minimum absolute atomic E-state index is 0.427. The molecule has 0 saturated heterocycles. The summed E-state index contributed by atoms with van der Waals surface area (Å²) in [5.41, 5.74) is 3.27. The normalized spacial score (nSPS) is 11.0. The molecular formula is C22H15Cl2NO. The van der Waals surface area contributed by atoms with Gasteiger partial charge in [0, 0.05) is 10.0 Å². The summed E-state index contributed by atoms with van der Waals surface area (Å²) in [5, 5.41) is 10.8. The minimum atomic E-state index is 0.427. The van der Waals surface area contributed by atoms with Gasteiger partial charge in [-0.1, -0.05) is 59.6 Å². The van der Waals surface area contributed by atoms with Crippen LogP contribution in [0, 0.1) is 11.3 Å². The molecule has 0 saturated carbocycles. The highest BCUT2D eigenvalue weighted by Crippen LogP contribution is 2.22. The predicted molar refractivity (Wildman–Crippen MR) is 107 cm³/mol. The third kappa shape index (κ3) is 4.89. The van der Waals surface area contributed by atoms with Crippen molar-refractivity contribution < 1.29 is 4.74 Å². The molecule has 4 heteroatoms. The summed E-state index contributed by atoms with van der Waals surface area (Å²) >= 11 is 11.9. The molecule has 0 amide bonds. The molecule has 26 heavy (non-hydrogen) atoms. The average molecular weight is 380 g/mol. The molecular weight excluding hydrogens is 365 g/mol. The molecule has 3 aromatic rings. The average Bonchev–Trinajstić information content (AvgIpc) is 2.66. The number of ether oxygens (including phenoxy) is 1. The largest absolute Gasteiger partial charge is 0.489 e. The fourth-order valence-electron chi connectivity index (χ4n) is 2.46. The van der Waals surface area contributed by atoms with Crippen molar-refractivity contribution >= 4 is 34.9 Å². The zero-order valence-corrected chi connectivity index (χ0v) is 15.3. The van der Waals surface area contributed by atoms with Gasteiger partial charge >= 0.3 is 0 Å². The van der Waals surface area contributed by atoms with Crippen molar-refractivity contribution in [2.75, 3.05) is 0 Å². The van der Waals surface area contributed by atoms with Gasteiger partial charge in [0.05, 0.1) is 11.6 Å². The van der Waals surface area contributed by atoms with Gasteiger partial charge in [0.1, 0.15) is 12.4 Å². The molecule has 0 radical (unpaired) electrons. The SMILES string of the molecule is N#C/C(=C\c1cccc(OCc2cccc(Cl)c2)c1)c1ccc(Cl)cc1. The molecule has 0 N–H and O–H groups in total. The fourth-order valence-corrected chi connectivity index (χ4v) is 2.80. The maximum Gasteiger partial charge on any atom is 0.120 e. The Morgan fingerprint density at radius 2 is 1.69 bits per heavy atom. The standard InChI is InChI=1S/C22H15Cl2NO/c23-20-9-7-18(8-10-20)19(14-25)11-16-3-2-6-22(13-16)26-15-17-4-1-5-21(24)12-17/h1-13H,15H2/b19-11+. The third-order valence-electron chi connectivity index (χ3n) is 3.74. The molecule has 0 unspecified atom stereocenters. The van der Waals surface area contributed by atoms with E-state index < -0.39 is 0 Å². The smallest absolute Gasteiger partial charge is 0.120 e. The van der Waals surface area contributed by atoms with Gasteiger partial charge in [-0.25, -0.2) is 0 Å². The summed E-state index contributed by atoms with van der Waals surface area (Å²) in [7, 11) is 0. The van der Waals surface area contributed by atoms with Crippen LogP contribution in [0.3, 0.4) is 0 Å². The van der Waals surface area contributed by atoms with Crippen molar-refractivity contribution in [1.29, 1.82) is 5.26 Å². The number of benzene rings is 3. The van der Waals surface area contributed by atoms with Crippen LogP contribution >= 0.6 is 23.2 Å². The predicted octanol–water partition coefficient (Wildman–Crippen LogP) is 6.64. The Labute approximate surface area is 162 Å². The molecule has 128 valence electrons. The van der Waals surface area contributed by atoms with Crippen molar-refractivity contribution in [2.45, 2.75) is 6.61 Å². The van der Waals surface area contributed by atoms with E-state index in [-0.39, 0.29) is 0 Å². The zero-order valence-electron chi connectivity index (χ0n) is 13.8. The van der Waals surface area contributed by atoms with Crippen LogP contribution in [-0.2, 0) is 6.61 Å². The van der Waals surface area contributed by atoms with Crippen LogP contribution in [0.2, 0.25) is 10.0 Å². The number of halogens is 2. The molecule has 0 aliphatic rings. The third-order valence-corrected chi connectivity index (χ3v) is 4.23. The van der Waals surface area contributed by atoms with Gasteiger partial charge in [-0.05, 0) is 59.2 Å². The van der Waals surface area contributed by atoms with Crippen molar-refractivity contribution in [1.82, 2.24) is 0 Å². The Morgan fingerprint density at radius 3 is 2.42 bits per heavy atom. The van der Waals surface area contributed by atoms with Gasteiger partial charge in [0.25, 0.3) is 0 Å². The number of rotatable bonds is 5. The molecule has 0 aliphatic carbocycles. The first kappa shape index (κ1) is 18.1. The van der Waals surface area contributed by atoms with Crippen molar-refractivity contribution in [3.63, 3.8) is 0 Å². The lowest BCUT2D eigenvalue weighted by molar-refractivity contribution is 0.306. The van der Waals surface area contributed by atoms with Gasteiger partial charge < -0.3 is 4.74 Å². The van der Waals surface area contributed by atoms with E-state index in [4.69, 9.17) is 27.9 Å². The molecule has 3 rings (SSSR count). The van der Waals surface area contributed by atoms with Crippen molar-refractivity contribution in [3.05, 3.63) is 99.5 Å². The van der Waals surface area contributed by atoms with Crippen LogP contribution in [-0.4, -0.2) is 0 Å². The van der Waals surface area contributed by atoms with Gasteiger partial charge in [0.15, 0.2) is 0 Å². The fraction of sp³-hybridized carbons (Fsp3) is 0.0455. The second-order valence-corrected chi connectivity index (χ2v) is 6.54. The molecule has 0 bridgehead atoms. The van der Waals surface area contributed by atoms with Gasteiger partial charge in [-0.2, -0.15) is 5.26 Å². The van der Waals surface area contributed by atoms with Crippen molar-refractivity contribution in [3.8, 4) is 11.8 Å². The summed E-state index contributed by atoms with van der Waals surface area (Å²) in [6, 6.07) is 24.6. The lowest BCUT2D eigenvalue weighted by Gasteiger charge is -2.08. The summed E-state index contributed by atoms with van der Waals surface area (Å²) in [6.45, 7) is 0.427. The molecule has 3 aromatic carbocycles. The van der Waals surface area contributed by atoms with E-state index in [0.717, 1.165) is 22.4 Å². The van der Waals surface area contributed by atoms with Crippen molar-refractivity contribution in [2.24, 2.45) is 0 Å². The first-order chi connectivity index (χ1) is 12.6. The Kier molecular flexibility index (Phi) is 5.96. The van der Waals surface area contributed by atoms with E-state index in [1.165, 1.54) is 0 Å².